The molecule has 200 valence electrons. The molecule has 2 heterocycles. The number of carbonyl (C=O) groups is 1. The molecule has 5 heteroatoms. The molecule has 0 bridgehead atoms. The number of nitrogens with zero attached hydrogens (tertiary/aromatic N) is 2. The zero-order chi connectivity index (χ0) is 26.9. The molecule has 0 spiro atoms. The Morgan fingerprint density at radius 1 is 1.08 bits per heavy atom. The lowest BCUT2D eigenvalue weighted by Crippen LogP contribution is -2.53. The molecule has 2 N–H and O–H groups in total. The summed E-state index contributed by atoms with van der Waals surface area (Å²) in [4.78, 5) is 19.8. The largest absolute Gasteiger partial charge is 0.493 e. The van der Waals surface area contributed by atoms with Crippen LogP contribution in [0, 0.1) is 18.8 Å². The topological polar surface area (TPSA) is 65.5 Å². The van der Waals surface area contributed by atoms with E-state index in [9.17, 15) is 9.90 Å². The van der Waals surface area contributed by atoms with Gasteiger partial charge in [-0.2, -0.15) is 0 Å². The third-order valence-corrected chi connectivity index (χ3v) is 9.26. The number of pyridine rings is 1. The van der Waals surface area contributed by atoms with Gasteiger partial charge in [-0.05, 0) is 104 Å². The van der Waals surface area contributed by atoms with Crippen LogP contribution in [0.25, 0.3) is 11.1 Å². The normalized spacial score (nSPS) is 23.8. The molecule has 3 aromatic rings. The van der Waals surface area contributed by atoms with Crippen molar-refractivity contribution in [1.29, 1.82) is 0 Å². The van der Waals surface area contributed by atoms with Crippen LogP contribution in [0.3, 0.4) is 0 Å². The number of aromatic hydroxyl groups is 1. The summed E-state index contributed by atoms with van der Waals surface area (Å²) in [5, 5.41) is 12.5. The van der Waals surface area contributed by atoms with E-state index >= 15 is 0 Å². The number of aryl methyl sites for hydroxylation is 1. The van der Waals surface area contributed by atoms with E-state index < -0.39 is 0 Å². The molecule has 1 saturated carbocycles. The van der Waals surface area contributed by atoms with E-state index in [2.05, 4.69) is 79.3 Å². The number of amides is 1. The van der Waals surface area contributed by atoms with Crippen LogP contribution in [0.2, 0.25) is 0 Å². The van der Waals surface area contributed by atoms with Crippen molar-refractivity contribution in [2.24, 2.45) is 11.8 Å². The third kappa shape index (κ3) is 5.63. The second-order valence-corrected chi connectivity index (χ2v) is 11.8. The molecule has 2 fully saturated rings. The van der Waals surface area contributed by atoms with Crippen LogP contribution in [0.1, 0.15) is 67.1 Å². The Labute approximate surface area is 227 Å². The Morgan fingerprint density at radius 2 is 1.82 bits per heavy atom. The van der Waals surface area contributed by atoms with Crippen molar-refractivity contribution in [1.82, 2.24) is 15.2 Å². The first-order chi connectivity index (χ1) is 18.2. The van der Waals surface area contributed by atoms with Crippen LogP contribution in [0.15, 0.2) is 60.8 Å². The van der Waals surface area contributed by atoms with Crippen LogP contribution >= 0.6 is 0 Å². The van der Waals surface area contributed by atoms with Gasteiger partial charge in [-0.3, -0.25) is 4.79 Å². The minimum Gasteiger partial charge on any atom is -0.493 e. The van der Waals surface area contributed by atoms with Crippen molar-refractivity contribution < 1.29 is 9.90 Å². The number of rotatable bonds is 8. The first-order valence-electron chi connectivity index (χ1n) is 14.1. The zero-order valence-corrected chi connectivity index (χ0v) is 23.2. The van der Waals surface area contributed by atoms with Crippen molar-refractivity contribution in [2.75, 3.05) is 19.6 Å². The first-order valence-corrected chi connectivity index (χ1v) is 14.1. The van der Waals surface area contributed by atoms with Crippen LogP contribution in [-0.2, 0) is 11.8 Å². The SMILES string of the molecule is Cc1ccc(C(=O)NCCc2ccc(-c3ccc(O)nc3)cc2)cc1C1(C)CCN(CC2CC2)[C@H](C)[C@@H]1C. The Morgan fingerprint density at radius 3 is 2.50 bits per heavy atom. The molecule has 3 atom stereocenters. The summed E-state index contributed by atoms with van der Waals surface area (Å²) in [6, 6.07) is 18.5. The van der Waals surface area contributed by atoms with Gasteiger partial charge in [0.2, 0.25) is 5.88 Å². The van der Waals surface area contributed by atoms with Gasteiger partial charge in [0.15, 0.2) is 0 Å². The van der Waals surface area contributed by atoms with Crippen molar-refractivity contribution in [2.45, 2.75) is 64.8 Å². The molecule has 1 saturated heterocycles. The van der Waals surface area contributed by atoms with E-state index in [1.54, 1.807) is 12.3 Å². The maximum atomic E-state index is 13.1. The summed E-state index contributed by atoms with van der Waals surface area (Å²) in [7, 11) is 0. The molecule has 1 unspecified atom stereocenters. The Hall–Kier alpha value is -3.18. The fourth-order valence-electron chi connectivity index (χ4n) is 6.15. The van der Waals surface area contributed by atoms with Crippen molar-refractivity contribution in [3.63, 3.8) is 0 Å². The van der Waals surface area contributed by atoms with Gasteiger partial charge < -0.3 is 15.3 Å². The van der Waals surface area contributed by atoms with Crippen molar-refractivity contribution >= 4 is 5.91 Å². The molecule has 38 heavy (non-hydrogen) atoms. The van der Waals surface area contributed by atoms with Gasteiger partial charge in [-0.1, -0.05) is 44.2 Å². The highest BCUT2D eigenvalue weighted by molar-refractivity contribution is 5.94. The maximum absolute atomic E-state index is 13.1. The van der Waals surface area contributed by atoms with E-state index in [0.717, 1.165) is 42.0 Å². The highest BCUT2D eigenvalue weighted by Gasteiger charge is 2.44. The number of hydrogen-bond acceptors (Lipinski definition) is 4. The minimum absolute atomic E-state index is 0.00601. The van der Waals surface area contributed by atoms with Crippen LogP contribution in [-0.4, -0.2) is 46.6 Å². The predicted molar refractivity (Wildman–Crippen MR) is 153 cm³/mol. The Bertz CT molecular complexity index is 1270. The summed E-state index contributed by atoms with van der Waals surface area (Å²) in [6.45, 7) is 12.4. The van der Waals surface area contributed by atoms with Crippen LogP contribution in [0.4, 0.5) is 0 Å². The number of nitrogens with one attached hydrogen (secondary N) is 1. The zero-order valence-electron chi connectivity index (χ0n) is 23.2. The molecular formula is C33H41N3O2. The van der Waals surface area contributed by atoms with Gasteiger partial charge >= 0.3 is 0 Å². The van der Waals surface area contributed by atoms with Gasteiger partial charge in [0, 0.05) is 42.5 Å². The first kappa shape index (κ1) is 26.4. The molecule has 5 rings (SSSR count). The lowest BCUT2D eigenvalue weighted by Gasteiger charge is -2.50. The molecule has 0 radical (unpaired) electrons. The molecular weight excluding hydrogens is 470 g/mol. The highest BCUT2D eigenvalue weighted by Crippen LogP contribution is 2.45. The van der Waals surface area contributed by atoms with E-state index in [-0.39, 0.29) is 17.2 Å². The lowest BCUT2D eigenvalue weighted by atomic mass is 9.64. The van der Waals surface area contributed by atoms with Gasteiger partial charge in [-0.25, -0.2) is 4.98 Å². The molecule has 1 aliphatic carbocycles. The van der Waals surface area contributed by atoms with Crippen molar-refractivity contribution in [3.05, 3.63) is 83.0 Å². The number of carbonyl (C=O) groups excluding carboxylic acids is 1. The summed E-state index contributed by atoms with van der Waals surface area (Å²) in [6.07, 6.45) is 6.36. The monoisotopic (exact) mass is 511 g/mol. The second kappa shape index (κ2) is 10.9. The van der Waals surface area contributed by atoms with Crippen LogP contribution < -0.4 is 5.32 Å². The fourth-order valence-corrected chi connectivity index (χ4v) is 6.15. The predicted octanol–water partition coefficient (Wildman–Crippen LogP) is 6.13. The molecule has 1 aromatic heterocycles. The molecule has 2 aliphatic rings. The van der Waals surface area contributed by atoms with Crippen LogP contribution in [0.5, 0.6) is 5.88 Å². The van der Waals surface area contributed by atoms with Gasteiger partial charge in [-0.15, -0.1) is 0 Å². The molecule has 1 amide bonds. The van der Waals surface area contributed by atoms with E-state index in [1.807, 2.05) is 12.1 Å². The maximum Gasteiger partial charge on any atom is 0.251 e. The summed E-state index contributed by atoms with van der Waals surface area (Å²) in [5.74, 6) is 1.45. The molecule has 1 aliphatic heterocycles. The molecule has 5 nitrogen and oxygen atoms in total. The number of likely N-dealkylation sites (tertiary alicyclic amines) is 1. The number of aromatic nitrogens is 1. The number of piperidine rings is 1. The number of benzene rings is 2. The summed E-state index contributed by atoms with van der Waals surface area (Å²) < 4.78 is 0. The van der Waals surface area contributed by atoms with Gasteiger partial charge in [0.25, 0.3) is 5.91 Å². The second-order valence-electron chi connectivity index (χ2n) is 11.8. The quantitative estimate of drug-likeness (QED) is 0.382. The minimum atomic E-state index is -0.00601. The number of hydrogen-bond donors (Lipinski definition) is 2. The highest BCUT2D eigenvalue weighted by atomic mass is 16.3. The van der Waals surface area contributed by atoms with Crippen molar-refractivity contribution in [3.8, 4) is 17.0 Å². The lowest BCUT2D eigenvalue weighted by molar-refractivity contribution is 0.0495. The van der Waals surface area contributed by atoms with E-state index in [0.29, 0.717) is 18.5 Å². The van der Waals surface area contributed by atoms with E-state index in [4.69, 9.17) is 0 Å². The summed E-state index contributed by atoms with van der Waals surface area (Å²) >= 11 is 0. The van der Waals surface area contributed by atoms with E-state index in [1.165, 1.54) is 36.1 Å². The van der Waals surface area contributed by atoms with Gasteiger partial charge in [0.05, 0.1) is 0 Å². The summed E-state index contributed by atoms with van der Waals surface area (Å²) in [5.41, 5.74) is 6.60. The Balaban J connectivity index is 1.21. The standard InChI is InChI=1S/C33H41N3O2/c1-22-5-10-28(19-30(22)33(4)16-18-36(21-26-6-7-26)24(3)23(33)2)32(38)34-17-15-25-8-11-27(12-9-25)29-13-14-31(37)35-20-29/h5,8-14,19-20,23-24,26H,6-7,15-18,21H2,1-4H3,(H,34,38)(H,35,37)/t23-,24+,33?/m0/s1. The van der Waals surface area contributed by atoms with Gasteiger partial charge in [0.1, 0.15) is 0 Å². The fraction of sp³-hybridized carbons (Fsp3) is 0.455. The third-order valence-electron chi connectivity index (χ3n) is 9.26. The Kier molecular flexibility index (Phi) is 7.58. The molecule has 2 aromatic carbocycles. The smallest absolute Gasteiger partial charge is 0.251 e. The average Bonchev–Trinajstić information content (AvgIpc) is 3.74. The average molecular weight is 512 g/mol.